The van der Waals surface area contributed by atoms with E-state index in [9.17, 15) is 4.79 Å². The van der Waals surface area contributed by atoms with Crippen molar-refractivity contribution in [3.63, 3.8) is 0 Å². The molecule has 1 aliphatic carbocycles. The molecule has 3 fully saturated rings. The quantitative estimate of drug-likeness (QED) is 0.650. The second-order valence-electron chi connectivity index (χ2n) is 8.91. The zero-order chi connectivity index (χ0) is 20.1. The second kappa shape index (κ2) is 7.16. The van der Waals surface area contributed by atoms with Crippen LogP contribution in [0.1, 0.15) is 59.7 Å². The Morgan fingerprint density at radius 2 is 2.07 bits per heavy atom. The number of likely N-dealkylation sites (tertiary alicyclic amines) is 2. The highest BCUT2D eigenvalue weighted by molar-refractivity contribution is 5.98. The largest absolute Gasteiger partial charge is 0.338 e. The highest BCUT2D eigenvalue weighted by atomic mass is 16.5. The number of benzene rings is 1. The summed E-state index contributed by atoms with van der Waals surface area (Å²) >= 11 is 0. The van der Waals surface area contributed by atoms with Gasteiger partial charge < -0.3 is 9.42 Å². The monoisotopic (exact) mass is 403 g/mol. The van der Waals surface area contributed by atoms with Gasteiger partial charge in [-0.1, -0.05) is 11.2 Å². The molecular formula is C23H25N5O2. The molecule has 1 amide bonds. The second-order valence-corrected chi connectivity index (χ2v) is 8.91. The molecule has 0 spiro atoms. The van der Waals surface area contributed by atoms with Gasteiger partial charge in [0.1, 0.15) is 0 Å². The summed E-state index contributed by atoms with van der Waals surface area (Å²) in [6.07, 6.45) is 6.78. The van der Waals surface area contributed by atoms with E-state index in [4.69, 9.17) is 9.51 Å². The van der Waals surface area contributed by atoms with Gasteiger partial charge >= 0.3 is 0 Å². The smallest absolute Gasteiger partial charge is 0.253 e. The van der Waals surface area contributed by atoms with Crippen LogP contribution in [0.5, 0.6) is 0 Å². The highest BCUT2D eigenvalue weighted by Crippen LogP contribution is 2.37. The molecule has 7 nitrogen and oxygen atoms in total. The molecule has 0 unspecified atom stereocenters. The van der Waals surface area contributed by atoms with Crippen molar-refractivity contribution in [3.05, 3.63) is 53.8 Å². The van der Waals surface area contributed by atoms with E-state index in [-0.39, 0.29) is 17.9 Å². The lowest BCUT2D eigenvalue weighted by Crippen LogP contribution is -2.48. The van der Waals surface area contributed by atoms with Gasteiger partial charge in [-0.25, -0.2) is 0 Å². The van der Waals surface area contributed by atoms with Crippen LogP contribution in [0, 0.1) is 5.92 Å². The molecule has 3 aliphatic rings. The fourth-order valence-corrected chi connectivity index (χ4v) is 4.70. The molecule has 0 radical (unpaired) electrons. The fourth-order valence-electron chi connectivity index (χ4n) is 4.70. The van der Waals surface area contributed by atoms with E-state index in [0.717, 1.165) is 48.0 Å². The minimum Gasteiger partial charge on any atom is -0.338 e. The predicted molar refractivity (Wildman–Crippen MR) is 111 cm³/mol. The Labute approximate surface area is 175 Å². The number of pyridine rings is 1. The molecule has 1 atom stereocenters. The van der Waals surface area contributed by atoms with E-state index in [1.165, 1.54) is 19.3 Å². The van der Waals surface area contributed by atoms with E-state index >= 15 is 0 Å². The van der Waals surface area contributed by atoms with Gasteiger partial charge in [-0.15, -0.1) is 0 Å². The maximum atomic E-state index is 12.8. The van der Waals surface area contributed by atoms with Crippen LogP contribution < -0.4 is 0 Å². The number of fused-ring (bicyclic) bond motifs is 1. The fraction of sp³-hybridized carbons (Fsp3) is 0.478. The zero-order valence-corrected chi connectivity index (χ0v) is 16.9. The van der Waals surface area contributed by atoms with Crippen LogP contribution in [-0.2, 0) is 0 Å². The van der Waals surface area contributed by atoms with Gasteiger partial charge in [-0.3, -0.25) is 14.7 Å². The van der Waals surface area contributed by atoms with Gasteiger partial charge in [0, 0.05) is 36.8 Å². The number of aromatic nitrogens is 3. The van der Waals surface area contributed by atoms with Crippen molar-refractivity contribution >= 4 is 16.8 Å². The van der Waals surface area contributed by atoms with Gasteiger partial charge in [-0.05, 0) is 62.4 Å². The number of rotatable bonds is 5. The van der Waals surface area contributed by atoms with Crippen molar-refractivity contribution in [1.82, 2.24) is 24.9 Å². The Morgan fingerprint density at radius 3 is 2.93 bits per heavy atom. The Morgan fingerprint density at radius 1 is 1.17 bits per heavy atom. The lowest BCUT2D eigenvalue weighted by Gasteiger charge is -2.37. The molecule has 2 saturated heterocycles. The van der Waals surface area contributed by atoms with Gasteiger partial charge in [0.05, 0.1) is 17.5 Å². The minimum absolute atomic E-state index is 0.0483. The van der Waals surface area contributed by atoms with E-state index in [0.29, 0.717) is 18.7 Å². The summed E-state index contributed by atoms with van der Waals surface area (Å²) in [6, 6.07) is 9.82. The number of carbonyl (C=O) groups excluding carboxylic acids is 1. The van der Waals surface area contributed by atoms with Crippen LogP contribution in [0.4, 0.5) is 0 Å². The third-order valence-corrected chi connectivity index (χ3v) is 6.68. The van der Waals surface area contributed by atoms with Gasteiger partial charge in [0.2, 0.25) is 5.89 Å². The third kappa shape index (κ3) is 3.27. The maximum Gasteiger partial charge on any atom is 0.253 e. The molecule has 1 aromatic carbocycles. The van der Waals surface area contributed by atoms with Crippen molar-refractivity contribution in [2.45, 2.75) is 37.6 Å². The highest BCUT2D eigenvalue weighted by Gasteiger charge is 2.38. The van der Waals surface area contributed by atoms with Crippen LogP contribution in [0.25, 0.3) is 10.9 Å². The molecule has 7 heteroatoms. The zero-order valence-electron chi connectivity index (χ0n) is 16.9. The van der Waals surface area contributed by atoms with E-state index < -0.39 is 0 Å². The van der Waals surface area contributed by atoms with Gasteiger partial charge in [0.25, 0.3) is 5.91 Å². The van der Waals surface area contributed by atoms with Crippen LogP contribution in [0.3, 0.4) is 0 Å². The van der Waals surface area contributed by atoms with E-state index in [1.807, 2.05) is 35.2 Å². The van der Waals surface area contributed by atoms with Crippen molar-refractivity contribution in [2.75, 3.05) is 26.2 Å². The molecule has 0 N–H and O–H groups in total. The maximum absolute atomic E-state index is 12.8. The predicted octanol–water partition coefficient (Wildman–Crippen LogP) is 3.40. The molecule has 0 bridgehead atoms. The number of carbonyl (C=O) groups is 1. The van der Waals surface area contributed by atoms with Crippen molar-refractivity contribution in [3.8, 4) is 0 Å². The number of hydrogen-bond acceptors (Lipinski definition) is 6. The number of amides is 1. The SMILES string of the molecule is O=C(c1ccc2ncccc2c1)N1CC(c2noc([C@@H]3CCCN3CC3CC3)n2)C1. The first-order valence-corrected chi connectivity index (χ1v) is 11.0. The first-order chi connectivity index (χ1) is 14.7. The lowest BCUT2D eigenvalue weighted by atomic mass is 9.97. The van der Waals surface area contributed by atoms with Gasteiger partial charge in [0.15, 0.2) is 5.82 Å². The molecule has 2 aromatic heterocycles. The Bertz CT molecular complexity index is 1090. The molecule has 4 heterocycles. The summed E-state index contributed by atoms with van der Waals surface area (Å²) in [5, 5.41) is 5.24. The average molecular weight is 403 g/mol. The Hall–Kier alpha value is -2.80. The first-order valence-electron chi connectivity index (χ1n) is 11.0. The standard InChI is InChI=1S/C23H25N5O2/c29-23(17-7-8-19-16(11-17)3-1-9-24-19)28-13-18(14-28)21-25-22(30-26-21)20-4-2-10-27(20)12-15-5-6-15/h1,3,7-9,11,15,18,20H,2,4-6,10,12-14H2/t20-/m0/s1. The summed E-state index contributed by atoms with van der Waals surface area (Å²) in [6.45, 7) is 3.57. The van der Waals surface area contributed by atoms with E-state index in [2.05, 4.69) is 15.0 Å². The molecule has 154 valence electrons. The Balaban J connectivity index is 1.11. The molecule has 30 heavy (non-hydrogen) atoms. The summed E-state index contributed by atoms with van der Waals surface area (Å²) in [5.41, 5.74) is 1.60. The van der Waals surface area contributed by atoms with Crippen molar-refractivity contribution in [1.29, 1.82) is 0 Å². The summed E-state index contributed by atoms with van der Waals surface area (Å²) in [5.74, 6) is 2.58. The van der Waals surface area contributed by atoms with Crippen LogP contribution in [-0.4, -0.2) is 57.0 Å². The third-order valence-electron chi connectivity index (χ3n) is 6.68. The topological polar surface area (TPSA) is 75.4 Å². The summed E-state index contributed by atoms with van der Waals surface area (Å²) in [4.78, 5) is 26.3. The Kier molecular flexibility index (Phi) is 4.30. The summed E-state index contributed by atoms with van der Waals surface area (Å²) < 4.78 is 5.65. The van der Waals surface area contributed by atoms with Crippen molar-refractivity contribution < 1.29 is 9.32 Å². The molecule has 1 saturated carbocycles. The van der Waals surface area contributed by atoms with Crippen LogP contribution >= 0.6 is 0 Å². The van der Waals surface area contributed by atoms with Crippen LogP contribution in [0.2, 0.25) is 0 Å². The summed E-state index contributed by atoms with van der Waals surface area (Å²) in [7, 11) is 0. The normalized spacial score (nSPS) is 22.5. The molecule has 2 aliphatic heterocycles. The average Bonchev–Trinajstić information content (AvgIpc) is 3.22. The number of nitrogens with zero attached hydrogens (tertiary/aromatic N) is 5. The van der Waals surface area contributed by atoms with E-state index in [1.54, 1.807) is 6.20 Å². The molecule has 6 rings (SSSR count). The lowest BCUT2D eigenvalue weighted by molar-refractivity contribution is 0.0592. The van der Waals surface area contributed by atoms with Crippen molar-refractivity contribution in [2.24, 2.45) is 5.92 Å². The first kappa shape index (κ1) is 18.0. The van der Waals surface area contributed by atoms with Gasteiger partial charge in [-0.2, -0.15) is 4.98 Å². The molecular weight excluding hydrogens is 378 g/mol. The number of hydrogen-bond donors (Lipinski definition) is 0. The molecule has 3 aromatic rings. The van der Waals surface area contributed by atoms with Crippen LogP contribution in [0.15, 0.2) is 41.1 Å². The minimum atomic E-state index is 0.0483.